The van der Waals surface area contributed by atoms with Crippen molar-refractivity contribution in [1.82, 2.24) is 0 Å². The smallest absolute Gasteiger partial charge is 0.159 e. The number of nitrogens with one attached hydrogen (secondary N) is 2. The summed E-state index contributed by atoms with van der Waals surface area (Å²) in [6.45, 7) is 12.8. The summed E-state index contributed by atoms with van der Waals surface area (Å²) in [5, 5.41) is 0. The molecule has 1 aliphatic heterocycles. The highest BCUT2D eigenvalue weighted by molar-refractivity contribution is 5.94. The topological polar surface area (TPSA) is 44.4 Å². The molecule has 0 radical (unpaired) electrons. The number of ketones is 1. The minimum Gasteiger partial charge on any atom is -0.496 e. The van der Waals surface area contributed by atoms with Crippen molar-refractivity contribution in [3.63, 3.8) is 0 Å². The number of aryl methyl sites for hydroxylation is 1. The van der Waals surface area contributed by atoms with Crippen molar-refractivity contribution >= 4 is 5.78 Å². The first-order valence-corrected chi connectivity index (χ1v) is 10.6. The summed E-state index contributed by atoms with van der Waals surface area (Å²) in [6.07, 6.45) is 0. The standard InChI is InChI=1S/C24H32N2O3/c1-5-29-24-9-7-20(19(3)27)15-22(24)17-26-12-10-25(11-13-26)16-21-14-18(2)6-8-23(21)28-4/h6-9,14-15H,5,10-13,16-17H2,1-4H3/p+2. The van der Waals surface area contributed by atoms with Crippen molar-refractivity contribution in [2.45, 2.75) is 33.9 Å². The number of hydrogen-bond donors (Lipinski definition) is 2. The second-order valence-electron chi connectivity index (χ2n) is 7.98. The zero-order valence-corrected chi connectivity index (χ0v) is 18.1. The fourth-order valence-electron chi connectivity index (χ4n) is 4.13. The van der Waals surface area contributed by atoms with Crippen LogP contribution in [0.2, 0.25) is 0 Å². The van der Waals surface area contributed by atoms with E-state index in [4.69, 9.17) is 9.47 Å². The molecule has 1 fully saturated rings. The van der Waals surface area contributed by atoms with Gasteiger partial charge in [0.2, 0.25) is 0 Å². The molecule has 156 valence electrons. The maximum absolute atomic E-state index is 11.8. The van der Waals surface area contributed by atoms with Crippen LogP contribution in [0.4, 0.5) is 0 Å². The number of rotatable bonds is 8. The molecule has 5 heteroatoms. The highest BCUT2D eigenvalue weighted by atomic mass is 16.5. The molecule has 0 bridgehead atoms. The Morgan fingerprint density at radius 2 is 1.52 bits per heavy atom. The highest BCUT2D eigenvalue weighted by Crippen LogP contribution is 2.20. The average molecular weight is 399 g/mol. The van der Waals surface area contributed by atoms with Crippen LogP contribution in [0.1, 0.15) is 40.9 Å². The maximum Gasteiger partial charge on any atom is 0.159 e. The predicted molar refractivity (Wildman–Crippen MR) is 114 cm³/mol. The largest absolute Gasteiger partial charge is 0.496 e. The lowest BCUT2D eigenvalue weighted by Gasteiger charge is -2.30. The van der Waals surface area contributed by atoms with E-state index in [-0.39, 0.29) is 5.78 Å². The molecule has 0 spiro atoms. The van der Waals surface area contributed by atoms with Gasteiger partial charge in [0.15, 0.2) is 5.78 Å². The lowest BCUT2D eigenvalue weighted by Crippen LogP contribution is -3.27. The molecule has 1 aliphatic rings. The van der Waals surface area contributed by atoms with E-state index in [0.29, 0.717) is 6.61 Å². The third kappa shape index (κ3) is 5.58. The van der Waals surface area contributed by atoms with Crippen molar-refractivity contribution in [3.8, 4) is 11.5 Å². The lowest BCUT2D eigenvalue weighted by molar-refractivity contribution is -1.02. The second-order valence-corrected chi connectivity index (χ2v) is 7.98. The highest BCUT2D eigenvalue weighted by Gasteiger charge is 2.25. The molecule has 29 heavy (non-hydrogen) atoms. The van der Waals surface area contributed by atoms with E-state index in [9.17, 15) is 4.79 Å². The predicted octanol–water partition coefficient (Wildman–Crippen LogP) is 1.09. The summed E-state index contributed by atoms with van der Waals surface area (Å²) < 4.78 is 11.4. The lowest BCUT2D eigenvalue weighted by atomic mass is 10.1. The molecule has 1 heterocycles. The summed E-state index contributed by atoms with van der Waals surface area (Å²) >= 11 is 0. The molecule has 0 atom stereocenters. The van der Waals surface area contributed by atoms with Crippen LogP contribution in [0.5, 0.6) is 11.5 Å². The van der Waals surface area contributed by atoms with Gasteiger partial charge in [-0.2, -0.15) is 0 Å². The van der Waals surface area contributed by atoms with E-state index in [0.717, 1.165) is 61.9 Å². The number of piperazine rings is 1. The van der Waals surface area contributed by atoms with Gasteiger partial charge in [0.25, 0.3) is 0 Å². The first-order valence-electron chi connectivity index (χ1n) is 10.6. The maximum atomic E-state index is 11.8. The molecular weight excluding hydrogens is 364 g/mol. The summed E-state index contributed by atoms with van der Waals surface area (Å²) in [7, 11) is 1.75. The van der Waals surface area contributed by atoms with Crippen LogP contribution >= 0.6 is 0 Å². The van der Waals surface area contributed by atoms with E-state index in [2.05, 4.69) is 25.1 Å². The molecule has 5 nitrogen and oxygen atoms in total. The van der Waals surface area contributed by atoms with Crippen molar-refractivity contribution in [1.29, 1.82) is 0 Å². The van der Waals surface area contributed by atoms with Gasteiger partial charge < -0.3 is 19.3 Å². The Labute approximate surface area is 174 Å². The molecular formula is C24H34N2O3+2. The van der Waals surface area contributed by atoms with Gasteiger partial charge in [0.05, 0.1) is 13.7 Å². The van der Waals surface area contributed by atoms with E-state index < -0.39 is 0 Å². The van der Waals surface area contributed by atoms with Crippen LogP contribution in [0.3, 0.4) is 0 Å². The molecule has 2 aromatic rings. The van der Waals surface area contributed by atoms with Crippen LogP contribution < -0.4 is 19.3 Å². The van der Waals surface area contributed by atoms with Crippen molar-refractivity contribution < 1.29 is 24.1 Å². The Morgan fingerprint density at radius 1 is 0.931 bits per heavy atom. The Kier molecular flexibility index (Phi) is 7.29. The SMILES string of the molecule is CCOc1ccc(C(C)=O)cc1C[NH+]1CC[NH+](Cc2cc(C)ccc2OC)CC1. The molecule has 1 saturated heterocycles. The van der Waals surface area contributed by atoms with Gasteiger partial charge in [-0.15, -0.1) is 0 Å². The van der Waals surface area contributed by atoms with E-state index in [1.807, 2.05) is 25.1 Å². The molecule has 2 aromatic carbocycles. The quantitative estimate of drug-likeness (QED) is 0.655. The zero-order valence-electron chi connectivity index (χ0n) is 18.1. The number of quaternary nitrogens is 2. The fraction of sp³-hybridized carbons (Fsp3) is 0.458. The molecule has 0 unspecified atom stereocenters. The van der Waals surface area contributed by atoms with Crippen molar-refractivity contribution in [2.24, 2.45) is 0 Å². The van der Waals surface area contributed by atoms with Gasteiger partial charge in [0.1, 0.15) is 50.8 Å². The number of ether oxygens (including phenoxy) is 2. The number of carbonyl (C=O) groups excluding carboxylic acids is 1. The van der Waals surface area contributed by atoms with Crippen molar-refractivity contribution in [2.75, 3.05) is 39.9 Å². The second kappa shape index (κ2) is 9.90. The molecule has 0 amide bonds. The van der Waals surface area contributed by atoms with Crippen molar-refractivity contribution in [3.05, 3.63) is 58.7 Å². The van der Waals surface area contributed by atoms with Crippen LogP contribution in [-0.4, -0.2) is 45.7 Å². The van der Waals surface area contributed by atoms with Crippen LogP contribution in [0.25, 0.3) is 0 Å². The van der Waals surface area contributed by atoms with Crippen LogP contribution in [-0.2, 0) is 13.1 Å². The number of hydrogen-bond acceptors (Lipinski definition) is 3. The van der Waals surface area contributed by atoms with Gasteiger partial charge in [-0.1, -0.05) is 11.6 Å². The Balaban J connectivity index is 1.62. The molecule has 0 saturated carbocycles. The molecule has 0 aliphatic carbocycles. The molecule has 0 aromatic heterocycles. The minimum atomic E-state index is 0.102. The van der Waals surface area contributed by atoms with Gasteiger partial charge >= 0.3 is 0 Å². The average Bonchev–Trinajstić information content (AvgIpc) is 2.71. The summed E-state index contributed by atoms with van der Waals surface area (Å²) in [5.41, 5.74) is 4.47. The third-order valence-corrected chi connectivity index (χ3v) is 5.75. The number of benzene rings is 2. The summed E-state index contributed by atoms with van der Waals surface area (Å²) in [4.78, 5) is 14.9. The Morgan fingerprint density at radius 3 is 2.07 bits per heavy atom. The van der Waals surface area contributed by atoms with Gasteiger partial charge in [-0.3, -0.25) is 4.79 Å². The Bertz CT molecular complexity index is 842. The number of methoxy groups -OCH3 is 1. The molecule has 2 N–H and O–H groups in total. The van der Waals surface area contributed by atoms with Gasteiger partial charge in [0, 0.05) is 16.7 Å². The third-order valence-electron chi connectivity index (χ3n) is 5.75. The minimum absolute atomic E-state index is 0.102. The first-order chi connectivity index (χ1) is 14.0. The van der Waals surface area contributed by atoms with E-state index >= 15 is 0 Å². The number of carbonyl (C=O) groups is 1. The fourth-order valence-corrected chi connectivity index (χ4v) is 4.13. The van der Waals surface area contributed by atoms with Gasteiger partial charge in [-0.25, -0.2) is 0 Å². The number of Topliss-reactive ketones (excluding diaryl/α,β-unsaturated/α-hetero) is 1. The van der Waals surface area contributed by atoms with E-state index in [1.54, 1.807) is 23.8 Å². The molecule has 3 rings (SSSR count). The Hall–Kier alpha value is -2.37. The summed E-state index contributed by atoms with van der Waals surface area (Å²) in [6, 6.07) is 12.2. The normalized spacial score (nSPS) is 19.0. The van der Waals surface area contributed by atoms with E-state index in [1.165, 1.54) is 11.1 Å². The van der Waals surface area contributed by atoms with Crippen LogP contribution in [0.15, 0.2) is 36.4 Å². The van der Waals surface area contributed by atoms with Crippen LogP contribution in [0, 0.1) is 6.92 Å². The summed E-state index contributed by atoms with van der Waals surface area (Å²) in [5.74, 6) is 2.00. The first kappa shape index (κ1) is 21.3. The zero-order chi connectivity index (χ0) is 20.8. The van der Waals surface area contributed by atoms with Gasteiger partial charge in [-0.05, 0) is 51.1 Å². The monoisotopic (exact) mass is 398 g/mol.